The second kappa shape index (κ2) is 6.47. The minimum atomic E-state index is -0.322. The van der Waals surface area contributed by atoms with Gasteiger partial charge in [-0.05, 0) is 25.1 Å². The van der Waals surface area contributed by atoms with Crippen molar-refractivity contribution in [3.05, 3.63) is 33.8 Å². The van der Waals surface area contributed by atoms with E-state index in [0.717, 1.165) is 0 Å². The smallest absolute Gasteiger partial charge is 0.251 e. The van der Waals surface area contributed by atoms with E-state index in [4.69, 9.17) is 34.1 Å². The van der Waals surface area contributed by atoms with E-state index in [0.29, 0.717) is 15.6 Å². The Bertz CT molecular complexity index is 457. The van der Waals surface area contributed by atoms with Crippen LogP contribution in [0.3, 0.4) is 0 Å². The number of amides is 1. The van der Waals surface area contributed by atoms with Gasteiger partial charge in [0, 0.05) is 28.1 Å². The molecule has 5 nitrogen and oxygen atoms in total. The largest absolute Gasteiger partial charge is 0.409 e. The van der Waals surface area contributed by atoms with Gasteiger partial charge < -0.3 is 16.3 Å². The average Bonchev–Trinajstić information content (AvgIpc) is 2.27. The highest BCUT2D eigenvalue weighted by Gasteiger charge is 2.12. The third-order valence-electron chi connectivity index (χ3n) is 2.15. The van der Waals surface area contributed by atoms with Crippen molar-refractivity contribution in [2.24, 2.45) is 10.9 Å². The molecule has 1 unspecified atom stereocenters. The first-order valence-electron chi connectivity index (χ1n) is 5.15. The quantitative estimate of drug-likeness (QED) is 0.344. The van der Waals surface area contributed by atoms with Crippen molar-refractivity contribution in [3.63, 3.8) is 0 Å². The fourth-order valence-electron chi connectivity index (χ4n) is 1.40. The van der Waals surface area contributed by atoms with E-state index in [2.05, 4.69) is 10.5 Å². The van der Waals surface area contributed by atoms with Crippen molar-refractivity contribution in [1.82, 2.24) is 5.32 Å². The second-order valence-corrected chi connectivity index (χ2v) is 4.70. The highest BCUT2D eigenvalue weighted by molar-refractivity contribution is 6.35. The van der Waals surface area contributed by atoms with Crippen molar-refractivity contribution in [1.29, 1.82) is 0 Å². The Morgan fingerprint density at radius 3 is 2.50 bits per heavy atom. The Hall–Kier alpha value is -1.46. The first-order chi connectivity index (χ1) is 8.42. The third kappa shape index (κ3) is 4.43. The van der Waals surface area contributed by atoms with Crippen LogP contribution in [0.4, 0.5) is 0 Å². The van der Waals surface area contributed by atoms with Crippen LogP contribution in [0.2, 0.25) is 10.0 Å². The molecular weight excluding hydrogens is 277 g/mol. The molecule has 0 aliphatic heterocycles. The van der Waals surface area contributed by atoms with E-state index in [1.165, 1.54) is 12.1 Å². The second-order valence-electron chi connectivity index (χ2n) is 3.83. The van der Waals surface area contributed by atoms with Crippen LogP contribution in [0.15, 0.2) is 23.4 Å². The molecule has 1 aromatic carbocycles. The molecule has 1 amide bonds. The fraction of sp³-hybridized carbons (Fsp3) is 0.273. The lowest BCUT2D eigenvalue weighted by Crippen LogP contribution is -2.35. The highest BCUT2D eigenvalue weighted by Crippen LogP contribution is 2.19. The lowest BCUT2D eigenvalue weighted by Gasteiger charge is -2.13. The molecular formula is C11H13Cl2N3O2. The van der Waals surface area contributed by atoms with Gasteiger partial charge in [0.2, 0.25) is 0 Å². The zero-order valence-corrected chi connectivity index (χ0v) is 11.2. The molecule has 0 bridgehead atoms. The van der Waals surface area contributed by atoms with Gasteiger partial charge in [-0.2, -0.15) is 0 Å². The van der Waals surface area contributed by atoms with Crippen molar-refractivity contribution < 1.29 is 10.0 Å². The molecule has 0 saturated carbocycles. The number of carbonyl (C=O) groups excluding carboxylic acids is 1. The maximum Gasteiger partial charge on any atom is 0.251 e. The lowest BCUT2D eigenvalue weighted by atomic mass is 10.1. The molecule has 0 spiro atoms. The molecule has 0 aromatic heterocycles. The predicted octanol–water partition coefficient (Wildman–Crippen LogP) is 2.25. The molecule has 7 heteroatoms. The molecule has 0 saturated heterocycles. The van der Waals surface area contributed by atoms with Crippen molar-refractivity contribution in [3.8, 4) is 0 Å². The SMILES string of the molecule is CC(CC(N)=NO)NC(=O)c1cc(Cl)cc(Cl)c1. The topological polar surface area (TPSA) is 87.7 Å². The third-order valence-corrected chi connectivity index (χ3v) is 2.58. The van der Waals surface area contributed by atoms with Crippen molar-refractivity contribution >= 4 is 34.9 Å². The Morgan fingerprint density at radius 1 is 1.44 bits per heavy atom. The summed E-state index contributed by atoms with van der Waals surface area (Å²) in [5.41, 5.74) is 5.70. The number of nitrogens with zero attached hydrogens (tertiary/aromatic N) is 1. The molecule has 0 radical (unpaired) electrons. The van der Waals surface area contributed by atoms with Crippen LogP contribution < -0.4 is 11.1 Å². The molecule has 0 fully saturated rings. The summed E-state index contributed by atoms with van der Waals surface area (Å²) in [5.74, 6) is -0.274. The van der Waals surface area contributed by atoms with Gasteiger partial charge in [0.25, 0.3) is 5.91 Å². The molecule has 0 aliphatic rings. The standard InChI is InChI=1S/C11H13Cl2N3O2/c1-6(2-10(14)16-18)15-11(17)7-3-8(12)5-9(13)4-7/h3-6,18H,2H2,1H3,(H2,14,16)(H,15,17). The monoisotopic (exact) mass is 289 g/mol. The zero-order valence-electron chi connectivity index (χ0n) is 9.65. The normalized spacial score (nSPS) is 13.2. The fourth-order valence-corrected chi connectivity index (χ4v) is 1.92. The zero-order chi connectivity index (χ0) is 13.7. The van der Waals surface area contributed by atoms with Gasteiger partial charge in [0.1, 0.15) is 5.84 Å². The van der Waals surface area contributed by atoms with Crippen molar-refractivity contribution in [2.75, 3.05) is 0 Å². The first kappa shape index (κ1) is 14.6. The molecule has 18 heavy (non-hydrogen) atoms. The summed E-state index contributed by atoms with van der Waals surface area (Å²) in [7, 11) is 0. The average molecular weight is 290 g/mol. The van der Waals surface area contributed by atoms with Crippen LogP contribution >= 0.6 is 23.2 Å². The Kier molecular flexibility index (Phi) is 5.25. The Labute approximate surface area is 115 Å². The van der Waals surface area contributed by atoms with E-state index in [1.54, 1.807) is 13.0 Å². The maximum absolute atomic E-state index is 11.9. The van der Waals surface area contributed by atoms with Crippen LogP contribution in [0, 0.1) is 0 Å². The summed E-state index contributed by atoms with van der Waals surface area (Å²) >= 11 is 11.6. The van der Waals surface area contributed by atoms with Gasteiger partial charge in [-0.3, -0.25) is 4.79 Å². The summed E-state index contributed by atoms with van der Waals surface area (Å²) in [5, 5.41) is 14.7. The van der Waals surface area contributed by atoms with E-state index < -0.39 is 0 Å². The van der Waals surface area contributed by atoms with Gasteiger partial charge in [0.15, 0.2) is 0 Å². The van der Waals surface area contributed by atoms with Crippen LogP contribution in [0.1, 0.15) is 23.7 Å². The molecule has 4 N–H and O–H groups in total. The summed E-state index contributed by atoms with van der Waals surface area (Å²) in [6, 6.07) is 4.30. The van der Waals surface area contributed by atoms with E-state index >= 15 is 0 Å². The summed E-state index contributed by atoms with van der Waals surface area (Å²) in [6.45, 7) is 1.74. The van der Waals surface area contributed by atoms with E-state index in [9.17, 15) is 4.79 Å². The molecule has 98 valence electrons. The number of hydrogen-bond donors (Lipinski definition) is 3. The number of nitrogens with two attached hydrogens (primary N) is 1. The number of rotatable bonds is 4. The number of halogens is 2. The van der Waals surface area contributed by atoms with Crippen LogP contribution in [0.25, 0.3) is 0 Å². The van der Waals surface area contributed by atoms with Gasteiger partial charge in [-0.15, -0.1) is 0 Å². The number of nitrogens with one attached hydrogen (secondary N) is 1. The maximum atomic E-state index is 11.9. The van der Waals surface area contributed by atoms with Gasteiger partial charge in [-0.1, -0.05) is 28.4 Å². The predicted molar refractivity (Wildman–Crippen MR) is 71.4 cm³/mol. The molecule has 1 atom stereocenters. The molecule has 0 heterocycles. The molecule has 1 aromatic rings. The Morgan fingerprint density at radius 2 is 2.00 bits per heavy atom. The van der Waals surface area contributed by atoms with E-state index in [1.807, 2.05) is 0 Å². The lowest BCUT2D eigenvalue weighted by molar-refractivity contribution is 0.0941. The van der Waals surface area contributed by atoms with Gasteiger partial charge in [0.05, 0.1) is 0 Å². The highest BCUT2D eigenvalue weighted by atomic mass is 35.5. The van der Waals surface area contributed by atoms with Gasteiger partial charge >= 0.3 is 0 Å². The summed E-state index contributed by atoms with van der Waals surface area (Å²) < 4.78 is 0. The summed E-state index contributed by atoms with van der Waals surface area (Å²) in [6.07, 6.45) is 0.247. The first-order valence-corrected chi connectivity index (χ1v) is 5.91. The number of hydrogen-bond acceptors (Lipinski definition) is 3. The van der Waals surface area contributed by atoms with Crippen molar-refractivity contribution in [2.45, 2.75) is 19.4 Å². The van der Waals surface area contributed by atoms with Crippen LogP contribution in [0.5, 0.6) is 0 Å². The minimum absolute atomic E-state index is 0.0481. The number of benzene rings is 1. The van der Waals surface area contributed by atoms with Crippen LogP contribution in [-0.4, -0.2) is 23.0 Å². The summed E-state index contributed by atoms with van der Waals surface area (Å²) in [4.78, 5) is 11.9. The van der Waals surface area contributed by atoms with Crippen LogP contribution in [-0.2, 0) is 0 Å². The number of oxime groups is 1. The molecule has 0 aliphatic carbocycles. The number of amidine groups is 1. The van der Waals surface area contributed by atoms with Gasteiger partial charge in [-0.25, -0.2) is 0 Å². The van der Waals surface area contributed by atoms with E-state index in [-0.39, 0.29) is 24.2 Å². The molecule has 1 rings (SSSR count). The number of carbonyl (C=O) groups is 1. The Balaban J connectivity index is 2.70. The minimum Gasteiger partial charge on any atom is -0.409 e.